The lowest BCUT2D eigenvalue weighted by atomic mass is 9.99. The fourth-order valence-corrected chi connectivity index (χ4v) is 5.91. The van der Waals surface area contributed by atoms with Crippen LogP contribution in [0.15, 0.2) is 24.3 Å². The van der Waals surface area contributed by atoms with Crippen molar-refractivity contribution >= 4 is 35.3 Å². The number of nitrogens with zero attached hydrogens (tertiary/aromatic N) is 2. The third-order valence-corrected chi connectivity index (χ3v) is 8.77. The number of morpholine rings is 1. The standard InChI is InChI=1S/C35H55N5O7/c1-24(2)32(36-26(4)10-7-6-8-17-40-31(42)22-25(3)35(40)45)34(44)38-30(11-9-16-39-18-20-46-21-19-39)33(43)37-29-14-12-28(13-15-29)23-47-27(5)41/h12-15,24-26,30,32,36H,6-11,16-23H2,1-5H3,(H,37,43)(H,38,44)/t25?,26-,30-,32-/m0/s1. The maximum atomic E-state index is 13.6. The number of imide groups is 1. The Bertz CT molecular complexity index is 1190. The molecule has 4 atom stereocenters. The van der Waals surface area contributed by atoms with Gasteiger partial charge in [-0.25, -0.2) is 0 Å². The SMILES string of the molecule is CC(=O)OCc1ccc(NC(=O)[C@H](CCCN2CCOCC2)NC(=O)[C@@H](N[C@@H](C)CCCCCN2C(=O)CC(C)C2=O)C(C)C)cc1. The summed E-state index contributed by atoms with van der Waals surface area (Å²) >= 11 is 0. The van der Waals surface area contributed by atoms with Crippen LogP contribution < -0.4 is 16.0 Å². The van der Waals surface area contributed by atoms with Gasteiger partial charge in [0, 0.05) is 50.6 Å². The number of carbonyl (C=O) groups is 5. The molecule has 0 aliphatic carbocycles. The van der Waals surface area contributed by atoms with E-state index in [0.29, 0.717) is 38.3 Å². The fourth-order valence-electron chi connectivity index (χ4n) is 5.91. The van der Waals surface area contributed by atoms with Gasteiger partial charge in [-0.15, -0.1) is 0 Å². The van der Waals surface area contributed by atoms with Gasteiger partial charge in [0.1, 0.15) is 12.6 Å². The molecule has 0 bridgehead atoms. The number of unbranched alkanes of at least 4 members (excludes halogenated alkanes) is 2. The summed E-state index contributed by atoms with van der Waals surface area (Å²) in [4.78, 5) is 66.1. The number of likely N-dealkylation sites (tertiary alicyclic amines) is 1. The first-order valence-electron chi connectivity index (χ1n) is 17.2. The van der Waals surface area contributed by atoms with E-state index < -0.39 is 12.1 Å². The Kier molecular flexibility index (Phi) is 15.8. The van der Waals surface area contributed by atoms with Gasteiger partial charge in [0.25, 0.3) is 0 Å². The summed E-state index contributed by atoms with van der Waals surface area (Å²) in [5.41, 5.74) is 1.40. The van der Waals surface area contributed by atoms with Gasteiger partial charge in [0.2, 0.25) is 23.6 Å². The first kappa shape index (κ1) is 38.1. The molecule has 0 radical (unpaired) electrons. The molecule has 1 unspecified atom stereocenters. The Morgan fingerprint density at radius 2 is 1.64 bits per heavy atom. The molecule has 2 heterocycles. The van der Waals surface area contributed by atoms with Crippen LogP contribution in [-0.4, -0.2) is 96.9 Å². The minimum Gasteiger partial charge on any atom is -0.461 e. The Morgan fingerprint density at radius 3 is 2.26 bits per heavy atom. The van der Waals surface area contributed by atoms with Crippen molar-refractivity contribution in [2.45, 2.75) is 104 Å². The third-order valence-electron chi connectivity index (χ3n) is 8.77. The molecule has 0 spiro atoms. The highest BCUT2D eigenvalue weighted by Gasteiger charge is 2.35. The summed E-state index contributed by atoms with van der Waals surface area (Å²) in [5, 5.41) is 9.46. The normalized spacial score (nSPS) is 19.0. The van der Waals surface area contributed by atoms with E-state index in [0.717, 1.165) is 57.3 Å². The molecule has 2 aliphatic rings. The van der Waals surface area contributed by atoms with E-state index in [1.165, 1.54) is 11.8 Å². The minimum absolute atomic E-state index is 0.00606. The molecule has 47 heavy (non-hydrogen) atoms. The second-order valence-electron chi connectivity index (χ2n) is 13.3. The lowest BCUT2D eigenvalue weighted by Crippen LogP contribution is -2.55. The number of esters is 1. The van der Waals surface area contributed by atoms with Crippen molar-refractivity contribution in [3.05, 3.63) is 29.8 Å². The number of nitrogens with one attached hydrogen (secondary N) is 3. The van der Waals surface area contributed by atoms with Crippen molar-refractivity contribution in [1.29, 1.82) is 0 Å². The van der Waals surface area contributed by atoms with Gasteiger partial charge in [0.15, 0.2) is 0 Å². The van der Waals surface area contributed by atoms with Crippen molar-refractivity contribution in [1.82, 2.24) is 20.4 Å². The monoisotopic (exact) mass is 657 g/mol. The molecule has 12 heteroatoms. The Balaban J connectivity index is 1.53. The van der Waals surface area contributed by atoms with Crippen molar-refractivity contribution < 1.29 is 33.4 Å². The summed E-state index contributed by atoms with van der Waals surface area (Å²) in [6.45, 7) is 13.7. The predicted molar refractivity (Wildman–Crippen MR) is 179 cm³/mol. The topological polar surface area (TPSA) is 146 Å². The smallest absolute Gasteiger partial charge is 0.302 e. The van der Waals surface area contributed by atoms with Crippen LogP contribution in [-0.2, 0) is 40.1 Å². The number of ether oxygens (including phenoxy) is 2. The van der Waals surface area contributed by atoms with Gasteiger partial charge >= 0.3 is 5.97 Å². The lowest BCUT2D eigenvalue weighted by Gasteiger charge is -2.29. The zero-order valence-corrected chi connectivity index (χ0v) is 28.8. The molecule has 12 nitrogen and oxygen atoms in total. The van der Waals surface area contributed by atoms with Crippen molar-refractivity contribution in [2.75, 3.05) is 44.7 Å². The summed E-state index contributed by atoms with van der Waals surface area (Å²) in [5.74, 6) is -1.23. The van der Waals surface area contributed by atoms with E-state index in [1.54, 1.807) is 31.2 Å². The van der Waals surface area contributed by atoms with Crippen LogP contribution in [0.3, 0.4) is 0 Å². The average Bonchev–Trinajstić information content (AvgIpc) is 3.28. The van der Waals surface area contributed by atoms with Crippen LogP contribution >= 0.6 is 0 Å². The van der Waals surface area contributed by atoms with Crippen LogP contribution in [0.5, 0.6) is 0 Å². The molecule has 4 amide bonds. The Labute approximate surface area is 279 Å². The lowest BCUT2D eigenvalue weighted by molar-refractivity contribution is -0.142. The van der Waals surface area contributed by atoms with Crippen molar-refractivity contribution in [3.8, 4) is 0 Å². The van der Waals surface area contributed by atoms with Crippen LogP contribution in [0.2, 0.25) is 0 Å². The molecule has 0 saturated carbocycles. The zero-order chi connectivity index (χ0) is 34.3. The Morgan fingerprint density at radius 1 is 0.936 bits per heavy atom. The number of hydrogen-bond donors (Lipinski definition) is 3. The molecule has 262 valence electrons. The number of hydrogen-bond acceptors (Lipinski definition) is 9. The maximum Gasteiger partial charge on any atom is 0.302 e. The first-order valence-corrected chi connectivity index (χ1v) is 17.2. The third kappa shape index (κ3) is 13.0. The maximum absolute atomic E-state index is 13.6. The molecule has 0 aromatic heterocycles. The van der Waals surface area contributed by atoms with E-state index in [2.05, 4.69) is 27.8 Å². The molecule has 2 aliphatic heterocycles. The number of rotatable bonds is 19. The molecular weight excluding hydrogens is 602 g/mol. The zero-order valence-electron chi connectivity index (χ0n) is 28.8. The van der Waals surface area contributed by atoms with E-state index in [1.807, 2.05) is 13.8 Å². The number of carbonyl (C=O) groups excluding carboxylic acids is 5. The molecule has 1 aromatic carbocycles. The second-order valence-corrected chi connectivity index (χ2v) is 13.3. The van der Waals surface area contributed by atoms with Gasteiger partial charge in [-0.2, -0.15) is 0 Å². The van der Waals surface area contributed by atoms with Crippen LogP contribution in [0.4, 0.5) is 5.69 Å². The molecule has 3 N–H and O–H groups in total. The van der Waals surface area contributed by atoms with E-state index in [4.69, 9.17) is 9.47 Å². The number of benzene rings is 1. The molecular formula is C35H55N5O7. The summed E-state index contributed by atoms with van der Waals surface area (Å²) in [6.07, 6.45) is 4.92. The van der Waals surface area contributed by atoms with Gasteiger partial charge in [-0.1, -0.05) is 45.7 Å². The van der Waals surface area contributed by atoms with Crippen LogP contribution in [0.1, 0.15) is 85.1 Å². The molecule has 2 fully saturated rings. The quantitative estimate of drug-likeness (QED) is 0.116. The van der Waals surface area contributed by atoms with Crippen molar-refractivity contribution in [2.24, 2.45) is 11.8 Å². The first-order chi connectivity index (χ1) is 22.4. The summed E-state index contributed by atoms with van der Waals surface area (Å²) in [6, 6.07) is 5.94. The Hall–Kier alpha value is -3.35. The average molecular weight is 658 g/mol. The molecule has 1 aromatic rings. The molecule has 2 saturated heterocycles. The fraction of sp³-hybridized carbons (Fsp3) is 0.686. The summed E-state index contributed by atoms with van der Waals surface area (Å²) in [7, 11) is 0. The highest BCUT2D eigenvalue weighted by Crippen LogP contribution is 2.20. The number of anilines is 1. The number of amides is 4. The van der Waals surface area contributed by atoms with Crippen LogP contribution in [0, 0.1) is 11.8 Å². The minimum atomic E-state index is -0.721. The summed E-state index contributed by atoms with van der Waals surface area (Å²) < 4.78 is 10.5. The van der Waals surface area contributed by atoms with Crippen LogP contribution in [0.25, 0.3) is 0 Å². The van der Waals surface area contributed by atoms with Gasteiger partial charge in [-0.05, 0) is 62.8 Å². The van der Waals surface area contributed by atoms with E-state index >= 15 is 0 Å². The second kappa shape index (κ2) is 19.5. The van der Waals surface area contributed by atoms with E-state index in [9.17, 15) is 24.0 Å². The highest BCUT2D eigenvalue weighted by molar-refractivity contribution is 6.03. The van der Waals surface area contributed by atoms with Gasteiger partial charge < -0.3 is 25.4 Å². The van der Waals surface area contributed by atoms with E-state index in [-0.39, 0.29) is 54.1 Å². The van der Waals surface area contributed by atoms with Gasteiger partial charge in [0.05, 0.1) is 19.3 Å². The van der Waals surface area contributed by atoms with Gasteiger partial charge in [-0.3, -0.25) is 33.8 Å². The molecule has 3 rings (SSSR count). The largest absolute Gasteiger partial charge is 0.461 e. The highest BCUT2D eigenvalue weighted by atomic mass is 16.5. The predicted octanol–water partition coefficient (Wildman–Crippen LogP) is 3.24. The van der Waals surface area contributed by atoms with Crippen molar-refractivity contribution in [3.63, 3.8) is 0 Å².